The molecule has 4 N–H and O–H groups in total. The number of likely N-dealkylation sites (tertiary alicyclic amines) is 1. The zero-order chi connectivity index (χ0) is 21.4. The fourth-order valence-corrected chi connectivity index (χ4v) is 5.04. The molecule has 0 aromatic carbocycles. The summed E-state index contributed by atoms with van der Waals surface area (Å²) >= 11 is 0. The van der Waals surface area contributed by atoms with Crippen LogP contribution in [0.5, 0.6) is 0 Å². The van der Waals surface area contributed by atoms with Crippen molar-refractivity contribution in [3.05, 3.63) is 0 Å². The number of fused-ring (bicyclic) bond motifs is 1. The molecule has 2 aliphatic rings. The number of nitrogens with zero attached hydrogens (tertiary/aromatic N) is 2. The first-order chi connectivity index (χ1) is 12.9. The minimum Gasteiger partial charge on any atom is -0.369 e. The number of likely N-dealkylation sites (N-methyl/N-ethyl adjacent to an activating group) is 1. The van der Waals surface area contributed by atoms with Gasteiger partial charge in [0.2, 0.25) is 17.7 Å². The van der Waals surface area contributed by atoms with Crippen molar-refractivity contribution in [2.75, 3.05) is 26.4 Å². The molecule has 0 radical (unpaired) electrons. The summed E-state index contributed by atoms with van der Waals surface area (Å²) in [5, 5.41) is 5.73. The third-order valence-electron chi connectivity index (χ3n) is 5.78. The fourth-order valence-electron chi connectivity index (χ4n) is 4.06. The van der Waals surface area contributed by atoms with Gasteiger partial charge in [-0.3, -0.25) is 14.4 Å². The Labute approximate surface area is 169 Å². The van der Waals surface area contributed by atoms with Gasteiger partial charge in [0.25, 0.3) is 0 Å². The van der Waals surface area contributed by atoms with E-state index in [9.17, 15) is 18.6 Å². The molecule has 0 bridgehead atoms. The molecule has 6 atom stereocenters. The van der Waals surface area contributed by atoms with E-state index in [-0.39, 0.29) is 24.4 Å². The van der Waals surface area contributed by atoms with Crippen LogP contribution in [-0.4, -0.2) is 81.7 Å². The highest BCUT2D eigenvalue weighted by molar-refractivity contribution is 7.81. The number of nitrogens with one attached hydrogen (secondary N) is 2. The summed E-state index contributed by atoms with van der Waals surface area (Å²) in [7, 11) is 0.428. The SMILES string of the molecule is CN[C@@H](C)C(=O)N[C@H](C(=O)N1CC[C@@H]2[C@H]1[C@@H](C(N)=O)CN2S(C)=O)C(C)(C)C. The minimum absolute atomic E-state index is 0.167. The van der Waals surface area contributed by atoms with E-state index in [1.807, 2.05) is 20.8 Å². The van der Waals surface area contributed by atoms with Crippen molar-refractivity contribution < 1.29 is 18.6 Å². The molecule has 3 amide bonds. The summed E-state index contributed by atoms with van der Waals surface area (Å²) in [5.74, 6) is -1.57. The molecule has 160 valence electrons. The Balaban J connectivity index is 2.30. The highest BCUT2D eigenvalue weighted by atomic mass is 32.2. The Morgan fingerprint density at radius 2 is 1.86 bits per heavy atom. The van der Waals surface area contributed by atoms with Crippen LogP contribution in [0.4, 0.5) is 0 Å². The van der Waals surface area contributed by atoms with Crippen LogP contribution >= 0.6 is 0 Å². The number of rotatable bonds is 6. The molecule has 1 unspecified atom stereocenters. The first-order valence-corrected chi connectivity index (χ1v) is 11.1. The van der Waals surface area contributed by atoms with Gasteiger partial charge in [0.05, 0.1) is 29.0 Å². The van der Waals surface area contributed by atoms with Gasteiger partial charge in [0.15, 0.2) is 0 Å². The molecular weight excluding hydrogens is 382 g/mol. The molecule has 2 rings (SSSR count). The second-order valence-corrected chi connectivity index (χ2v) is 10.0. The summed E-state index contributed by atoms with van der Waals surface area (Å²) in [6, 6.07) is -1.77. The van der Waals surface area contributed by atoms with Crippen molar-refractivity contribution in [2.24, 2.45) is 17.1 Å². The summed E-state index contributed by atoms with van der Waals surface area (Å²) in [5.41, 5.74) is 5.08. The smallest absolute Gasteiger partial charge is 0.246 e. The zero-order valence-electron chi connectivity index (χ0n) is 17.5. The summed E-state index contributed by atoms with van der Waals surface area (Å²) in [6.45, 7) is 8.11. The van der Waals surface area contributed by atoms with Gasteiger partial charge in [-0.05, 0) is 25.8 Å². The van der Waals surface area contributed by atoms with Crippen LogP contribution in [0.2, 0.25) is 0 Å². The Kier molecular flexibility index (Phi) is 6.88. The molecule has 2 heterocycles. The number of nitrogens with two attached hydrogens (primary N) is 1. The van der Waals surface area contributed by atoms with Gasteiger partial charge < -0.3 is 21.3 Å². The maximum absolute atomic E-state index is 13.5. The number of primary amides is 1. The quantitative estimate of drug-likeness (QED) is 0.503. The lowest BCUT2D eigenvalue weighted by Gasteiger charge is -2.37. The lowest BCUT2D eigenvalue weighted by molar-refractivity contribution is -0.141. The first kappa shape index (κ1) is 22.8. The van der Waals surface area contributed by atoms with E-state index in [0.717, 1.165) is 0 Å². The molecule has 10 heteroatoms. The fraction of sp³-hybridized carbons (Fsp3) is 0.833. The molecule has 0 aromatic rings. The Morgan fingerprint density at radius 1 is 1.25 bits per heavy atom. The van der Waals surface area contributed by atoms with Crippen LogP contribution in [0.3, 0.4) is 0 Å². The topological polar surface area (TPSA) is 125 Å². The molecule has 2 fully saturated rings. The van der Waals surface area contributed by atoms with Crippen molar-refractivity contribution in [1.29, 1.82) is 0 Å². The Bertz CT molecular complexity index is 665. The average Bonchev–Trinajstić information content (AvgIpc) is 3.16. The van der Waals surface area contributed by atoms with E-state index in [1.165, 1.54) is 0 Å². The van der Waals surface area contributed by atoms with E-state index in [4.69, 9.17) is 5.73 Å². The van der Waals surface area contributed by atoms with Gasteiger partial charge in [-0.1, -0.05) is 20.8 Å². The van der Waals surface area contributed by atoms with Crippen LogP contribution in [0.25, 0.3) is 0 Å². The summed E-state index contributed by atoms with van der Waals surface area (Å²) in [6.07, 6.45) is 2.19. The van der Waals surface area contributed by atoms with Gasteiger partial charge in [0.1, 0.15) is 6.04 Å². The standard InChI is InChI=1S/C18H33N5O4S/c1-10(20-5)16(25)21-14(18(2,3)4)17(26)22-8-7-12-13(22)11(15(19)24)9-23(12)28(6)27/h10-14,20H,7-9H2,1-6H3,(H2,19,24)(H,21,25)/t10-,11-,12+,13+,14+,28?/m0/s1. The van der Waals surface area contributed by atoms with Gasteiger partial charge in [-0.25, -0.2) is 8.51 Å². The predicted octanol–water partition coefficient (Wildman–Crippen LogP) is -1.19. The number of carbonyl (C=O) groups excluding carboxylic acids is 3. The molecule has 2 aliphatic heterocycles. The predicted molar refractivity (Wildman–Crippen MR) is 107 cm³/mol. The van der Waals surface area contributed by atoms with E-state index < -0.39 is 46.4 Å². The number of amides is 3. The molecule has 0 spiro atoms. The highest BCUT2D eigenvalue weighted by Gasteiger charge is 2.54. The maximum Gasteiger partial charge on any atom is 0.246 e. The van der Waals surface area contributed by atoms with Crippen LogP contribution in [0, 0.1) is 11.3 Å². The van der Waals surface area contributed by atoms with E-state index in [0.29, 0.717) is 13.0 Å². The van der Waals surface area contributed by atoms with E-state index in [1.54, 1.807) is 29.4 Å². The van der Waals surface area contributed by atoms with E-state index >= 15 is 0 Å². The average molecular weight is 416 g/mol. The molecule has 2 saturated heterocycles. The van der Waals surface area contributed by atoms with Crippen molar-refractivity contribution >= 4 is 28.7 Å². The number of hydrogen-bond acceptors (Lipinski definition) is 5. The van der Waals surface area contributed by atoms with E-state index in [2.05, 4.69) is 10.6 Å². The molecule has 28 heavy (non-hydrogen) atoms. The van der Waals surface area contributed by atoms with Crippen molar-refractivity contribution in [3.63, 3.8) is 0 Å². The number of carbonyl (C=O) groups is 3. The van der Waals surface area contributed by atoms with Crippen LogP contribution in [-0.2, 0) is 25.4 Å². The monoisotopic (exact) mass is 415 g/mol. The largest absolute Gasteiger partial charge is 0.369 e. The van der Waals surface area contributed by atoms with Gasteiger partial charge in [-0.2, -0.15) is 0 Å². The van der Waals surface area contributed by atoms with Gasteiger partial charge in [-0.15, -0.1) is 0 Å². The second kappa shape index (κ2) is 8.46. The van der Waals surface area contributed by atoms with Gasteiger partial charge in [0, 0.05) is 25.4 Å². The highest BCUT2D eigenvalue weighted by Crippen LogP contribution is 2.37. The Morgan fingerprint density at radius 3 is 2.32 bits per heavy atom. The molecule has 9 nitrogen and oxygen atoms in total. The number of hydrogen-bond donors (Lipinski definition) is 3. The first-order valence-electron chi connectivity index (χ1n) is 9.57. The third kappa shape index (κ3) is 4.38. The lowest BCUT2D eigenvalue weighted by atomic mass is 9.85. The summed E-state index contributed by atoms with van der Waals surface area (Å²) < 4.78 is 13.8. The molecule has 0 aromatic heterocycles. The normalized spacial score (nSPS) is 28.5. The molecular formula is C18H33N5O4S. The van der Waals surface area contributed by atoms with Crippen molar-refractivity contribution in [3.8, 4) is 0 Å². The molecule has 0 aliphatic carbocycles. The van der Waals surface area contributed by atoms with Gasteiger partial charge >= 0.3 is 0 Å². The van der Waals surface area contributed by atoms with Crippen molar-refractivity contribution in [2.45, 2.75) is 58.3 Å². The second-order valence-electron chi connectivity index (χ2n) is 8.73. The zero-order valence-corrected chi connectivity index (χ0v) is 18.3. The summed E-state index contributed by atoms with van der Waals surface area (Å²) in [4.78, 5) is 39.6. The van der Waals surface area contributed by atoms with Crippen LogP contribution in [0.15, 0.2) is 0 Å². The van der Waals surface area contributed by atoms with Crippen LogP contribution < -0.4 is 16.4 Å². The minimum atomic E-state index is -1.25. The third-order valence-corrected chi connectivity index (χ3v) is 6.86. The van der Waals surface area contributed by atoms with Crippen molar-refractivity contribution in [1.82, 2.24) is 19.8 Å². The lowest BCUT2D eigenvalue weighted by Crippen LogP contribution is -2.59. The molecule has 0 saturated carbocycles. The Hall–Kier alpha value is -1.52. The maximum atomic E-state index is 13.5. The van der Waals surface area contributed by atoms with Crippen LogP contribution in [0.1, 0.15) is 34.1 Å².